The SMILES string of the molecule is Cc1ccsc1/C=C/C1=CC(=C(C#N)C#N)CC(C)(C)C1. The maximum absolute atomic E-state index is 9.08. The first kappa shape index (κ1) is 15.3. The molecule has 0 fully saturated rings. The Kier molecular flexibility index (Phi) is 4.46. The van der Waals surface area contributed by atoms with Crippen LogP contribution in [-0.4, -0.2) is 0 Å². The molecule has 0 bridgehead atoms. The minimum Gasteiger partial charge on any atom is -0.192 e. The van der Waals surface area contributed by atoms with E-state index < -0.39 is 0 Å². The van der Waals surface area contributed by atoms with E-state index in [1.165, 1.54) is 16.0 Å². The Morgan fingerprint density at radius 1 is 1.24 bits per heavy atom. The van der Waals surface area contributed by atoms with Crippen molar-refractivity contribution in [2.75, 3.05) is 0 Å². The van der Waals surface area contributed by atoms with Crippen molar-refractivity contribution in [3.63, 3.8) is 0 Å². The van der Waals surface area contributed by atoms with Crippen LogP contribution in [0.4, 0.5) is 0 Å². The summed E-state index contributed by atoms with van der Waals surface area (Å²) in [6.07, 6.45) is 7.99. The minimum atomic E-state index is 0.0766. The molecule has 0 aliphatic heterocycles. The van der Waals surface area contributed by atoms with Gasteiger partial charge in [-0.1, -0.05) is 26.0 Å². The molecule has 2 nitrogen and oxygen atoms in total. The molecule has 0 amide bonds. The first-order chi connectivity index (χ1) is 9.95. The molecule has 1 aliphatic carbocycles. The molecule has 0 spiro atoms. The molecule has 1 aromatic heterocycles. The molecule has 2 rings (SSSR count). The van der Waals surface area contributed by atoms with Gasteiger partial charge >= 0.3 is 0 Å². The van der Waals surface area contributed by atoms with Crippen molar-refractivity contribution in [3.05, 3.63) is 50.8 Å². The summed E-state index contributed by atoms with van der Waals surface area (Å²) in [5, 5.41) is 20.2. The van der Waals surface area contributed by atoms with E-state index in [9.17, 15) is 0 Å². The number of aryl methyl sites for hydroxylation is 1. The highest BCUT2D eigenvalue weighted by molar-refractivity contribution is 7.11. The summed E-state index contributed by atoms with van der Waals surface area (Å²) >= 11 is 1.72. The standard InChI is InChI=1S/C18H18N2S/c1-13-6-7-21-17(13)5-4-14-8-15(16(11-19)12-20)10-18(2,3)9-14/h4-8H,9-10H2,1-3H3/b5-4+. The van der Waals surface area contributed by atoms with Gasteiger partial charge in [-0.25, -0.2) is 0 Å². The highest BCUT2D eigenvalue weighted by atomic mass is 32.1. The van der Waals surface area contributed by atoms with Gasteiger partial charge in [0.25, 0.3) is 0 Å². The Morgan fingerprint density at radius 3 is 2.52 bits per heavy atom. The fourth-order valence-corrected chi connectivity index (χ4v) is 3.45. The monoisotopic (exact) mass is 294 g/mol. The maximum Gasteiger partial charge on any atom is 0.132 e. The molecular weight excluding hydrogens is 276 g/mol. The lowest BCUT2D eigenvalue weighted by Gasteiger charge is -2.30. The molecule has 0 N–H and O–H groups in total. The van der Waals surface area contributed by atoms with E-state index in [-0.39, 0.29) is 11.0 Å². The van der Waals surface area contributed by atoms with Gasteiger partial charge < -0.3 is 0 Å². The summed E-state index contributed by atoms with van der Waals surface area (Å²) in [7, 11) is 0. The maximum atomic E-state index is 9.08. The third kappa shape index (κ3) is 3.72. The first-order valence-electron chi connectivity index (χ1n) is 6.91. The second-order valence-corrected chi connectivity index (χ2v) is 7.11. The van der Waals surface area contributed by atoms with Crippen molar-refractivity contribution in [2.24, 2.45) is 5.41 Å². The largest absolute Gasteiger partial charge is 0.192 e. The zero-order valence-corrected chi connectivity index (χ0v) is 13.4. The topological polar surface area (TPSA) is 47.6 Å². The van der Waals surface area contributed by atoms with E-state index in [2.05, 4.69) is 44.4 Å². The molecule has 0 saturated heterocycles. The summed E-state index contributed by atoms with van der Waals surface area (Å²) < 4.78 is 0. The Bertz CT molecular complexity index is 699. The van der Waals surface area contributed by atoms with Crippen molar-refractivity contribution in [1.82, 2.24) is 0 Å². The second-order valence-electron chi connectivity index (χ2n) is 6.16. The number of hydrogen-bond acceptors (Lipinski definition) is 3. The molecule has 0 saturated carbocycles. The van der Waals surface area contributed by atoms with Crippen LogP contribution in [0.15, 0.2) is 40.3 Å². The van der Waals surface area contributed by atoms with Crippen LogP contribution in [0.1, 0.15) is 37.1 Å². The van der Waals surface area contributed by atoms with Crippen LogP contribution < -0.4 is 0 Å². The Morgan fingerprint density at radius 2 is 1.95 bits per heavy atom. The number of thiophene rings is 1. The van der Waals surface area contributed by atoms with E-state index in [1.54, 1.807) is 11.3 Å². The molecule has 0 radical (unpaired) electrons. The summed E-state index contributed by atoms with van der Waals surface area (Å²) in [6.45, 7) is 6.46. The van der Waals surface area contributed by atoms with E-state index in [0.717, 1.165) is 18.4 Å². The van der Waals surface area contributed by atoms with Crippen molar-refractivity contribution in [3.8, 4) is 12.1 Å². The van der Waals surface area contributed by atoms with Crippen LogP contribution >= 0.6 is 11.3 Å². The number of nitrogens with zero attached hydrogens (tertiary/aromatic N) is 2. The van der Waals surface area contributed by atoms with E-state index in [1.807, 2.05) is 18.2 Å². The van der Waals surface area contributed by atoms with Gasteiger partial charge in [0.05, 0.1) is 0 Å². The van der Waals surface area contributed by atoms with E-state index in [4.69, 9.17) is 10.5 Å². The summed E-state index contributed by atoms with van der Waals surface area (Å²) in [4.78, 5) is 1.26. The number of rotatable bonds is 2. The zero-order valence-electron chi connectivity index (χ0n) is 12.6. The molecule has 3 heteroatoms. The number of nitriles is 2. The van der Waals surface area contributed by atoms with Gasteiger partial charge in [-0.2, -0.15) is 10.5 Å². The predicted molar refractivity (Wildman–Crippen MR) is 87.4 cm³/mol. The molecule has 0 unspecified atom stereocenters. The van der Waals surface area contributed by atoms with Gasteiger partial charge in [-0.15, -0.1) is 11.3 Å². The van der Waals surface area contributed by atoms with Crippen LogP contribution in [0, 0.1) is 35.0 Å². The third-order valence-corrected chi connectivity index (χ3v) is 4.59. The highest BCUT2D eigenvalue weighted by Crippen LogP contribution is 2.39. The average molecular weight is 294 g/mol. The Balaban J connectivity index is 2.37. The molecular formula is C18H18N2S. The van der Waals surface area contributed by atoms with Crippen LogP contribution in [0.25, 0.3) is 6.08 Å². The van der Waals surface area contributed by atoms with Gasteiger partial charge in [0, 0.05) is 4.88 Å². The van der Waals surface area contributed by atoms with Crippen LogP contribution in [0.2, 0.25) is 0 Å². The summed E-state index contributed by atoms with van der Waals surface area (Å²) in [6, 6.07) is 6.13. The normalized spacial score (nSPS) is 17.2. The lowest BCUT2D eigenvalue weighted by atomic mass is 9.74. The molecule has 0 atom stereocenters. The Labute approximate surface area is 130 Å². The van der Waals surface area contributed by atoms with Gasteiger partial charge in [-0.05, 0) is 59.4 Å². The summed E-state index contributed by atoms with van der Waals surface area (Å²) in [5.74, 6) is 0. The van der Waals surface area contributed by atoms with Crippen molar-refractivity contribution in [1.29, 1.82) is 10.5 Å². The lowest BCUT2D eigenvalue weighted by molar-refractivity contribution is 0.354. The zero-order chi connectivity index (χ0) is 15.5. The van der Waals surface area contributed by atoms with Gasteiger partial charge in [0.15, 0.2) is 0 Å². The molecule has 1 aliphatic rings. The van der Waals surface area contributed by atoms with Crippen LogP contribution in [0.5, 0.6) is 0 Å². The molecule has 1 heterocycles. The number of allylic oxidation sites excluding steroid dienone is 5. The second kappa shape index (κ2) is 6.12. The van der Waals surface area contributed by atoms with Crippen LogP contribution in [-0.2, 0) is 0 Å². The fourth-order valence-electron chi connectivity index (χ4n) is 2.63. The van der Waals surface area contributed by atoms with Crippen molar-refractivity contribution < 1.29 is 0 Å². The molecule has 106 valence electrons. The Hall–Kier alpha value is -2.10. The van der Waals surface area contributed by atoms with Crippen LogP contribution in [0.3, 0.4) is 0 Å². The quantitative estimate of drug-likeness (QED) is 0.707. The first-order valence-corrected chi connectivity index (χ1v) is 7.79. The number of hydrogen-bond donors (Lipinski definition) is 0. The van der Waals surface area contributed by atoms with Crippen molar-refractivity contribution >= 4 is 17.4 Å². The van der Waals surface area contributed by atoms with E-state index >= 15 is 0 Å². The minimum absolute atomic E-state index is 0.0766. The van der Waals surface area contributed by atoms with Gasteiger partial charge in [0.2, 0.25) is 0 Å². The summed E-state index contributed by atoms with van der Waals surface area (Å²) in [5.41, 5.74) is 3.63. The van der Waals surface area contributed by atoms with Crippen molar-refractivity contribution in [2.45, 2.75) is 33.6 Å². The molecule has 0 aromatic carbocycles. The molecule has 21 heavy (non-hydrogen) atoms. The lowest BCUT2D eigenvalue weighted by Crippen LogP contribution is -2.17. The molecule has 1 aromatic rings. The predicted octanol–water partition coefficient (Wildman–Crippen LogP) is 5.16. The smallest absolute Gasteiger partial charge is 0.132 e. The van der Waals surface area contributed by atoms with Gasteiger partial charge in [0.1, 0.15) is 17.7 Å². The van der Waals surface area contributed by atoms with E-state index in [0.29, 0.717) is 0 Å². The third-order valence-electron chi connectivity index (χ3n) is 3.61. The fraction of sp³-hybridized carbons (Fsp3) is 0.333. The highest BCUT2D eigenvalue weighted by Gasteiger charge is 2.26. The average Bonchev–Trinajstić information content (AvgIpc) is 2.82. The van der Waals surface area contributed by atoms with Gasteiger partial charge in [-0.3, -0.25) is 0 Å².